The normalized spacial score (nSPS) is 12.8. The van der Waals surface area contributed by atoms with Crippen LogP contribution in [0.2, 0.25) is 23.7 Å². The fourth-order valence-corrected chi connectivity index (χ4v) is 6.50. The third kappa shape index (κ3) is 4.15. The molecule has 0 amide bonds. The van der Waals surface area contributed by atoms with Gasteiger partial charge in [0.1, 0.15) is 6.61 Å². The van der Waals surface area contributed by atoms with Gasteiger partial charge in [0.05, 0.1) is 8.07 Å². The maximum atomic E-state index is 4.93. The van der Waals surface area contributed by atoms with E-state index >= 15 is 0 Å². The highest BCUT2D eigenvalue weighted by atomic mass is 28.3. The molecule has 92 valence electrons. The molecule has 0 bridgehead atoms. The molecule has 1 unspecified atom stereocenters. The lowest BCUT2D eigenvalue weighted by molar-refractivity contribution is 0.239. The lowest BCUT2D eigenvalue weighted by Gasteiger charge is -2.34. The summed E-state index contributed by atoms with van der Waals surface area (Å²) < 4.78 is 4.93. The Labute approximate surface area is 102 Å². The minimum atomic E-state index is -1.17. The summed E-state index contributed by atoms with van der Waals surface area (Å²) in [6, 6.07) is 4.01. The third-order valence-corrected chi connectivity index (χ3v) is 10.1. The Morgan fingerprint density at radius 1 is 1.19 bits per heavy atom. The summed E-state index contributed by atoms with van der Waals surface area (Å²) in [6.45, 7) is 11.5. The molecule has 0 rings (SSSR count). The first-order valence-electron chi connectivity index (χ1n) is 6.27. The van der Waals surface area contributed by atoms with Crippen LogP contribution in [0.25, 0.3) is 0 Å². The quantitative estimate of drug-likeness (QED) is 0.369. The standard InChI is InChI=1S/C14H26OSi/c1-6-14(12-10-11-13-15-5)16(7-2,8-3)9-4/h6,14H,1,7-9,12-13H2,2-5H3. The molecule has 0 radical (unpaired) electrons. The van der Waals surface area contributed by atoms with Gasteiger partial charge in [0, 0.05) is 13.5 Å². The molecule has 0 fully saturated rings. The van der Waals surface area contributed by atoms with Crippen molar-refractivity contribution in [1.82, 2.24) is 0 Å². The molecule has 0 aliphatic heterocycles. The summed E-state index contributed by atoms with van der Waals surface area (Å²) in [6.07, 6.45) is 3.11. The molecular weight excluding hydrogens is 212 g/mol. The van der Waals surface area contributed by atoms with Gasteiger partial charge in [0.15, 0.2) is 0 Å². The van der Waals surface area contributed by atoms with E-state index in [1.54, 1.807) is 7.11 Å². The zero-order valence-electron chi connectivity index (χ0n) is 11.3. The van der Waals surface area contributed by atoms with Crippen molar-refractivity contribution in [3.05, 3.63) is 12.7 Å². The van der Waals surface area contributed by atoms with Crippen molar-refractivity contribution in [2.45, 2.75) is 50.9 Å². The zero-order chi connectivity index (χ0) is 12.4. The van der Waals surface area contributed by atoms with Gasteiger partial charge in [-0.05, 0) is 5.54 Å². The summed E-state index contributed by atoms with van der Waals surface area (Å²) in [7, 11) is 0.515. The number of methoxy groups -OCH3 is 1. The van der Waals surface area contributed by atoms with Gasteiger partial charge in [-0.2, -0.15) is 0 Å². The summed E-state index contributed by atoms with van der Waals surface area (Å²) in [5.74, 6) is 6.28. The van der Waals surface area contributed by atoms with Crippen LogP contribution in [0.3, 0.4) is 0 Å². The van der Waals surface area contributed by atoms with Crippen LogP contribution in [0.1, 0.15) is 27.2 Å². The molecule has 0 aromatic rings. The lowest BCUT2D eigenvalue weighted by atomic mass is 10.3. The van der Waals surface area contributed by atoms with Gasteiger partial charge in [-0.1, -0.05) is 50.9 Å². The highest BCUT2D eigenvalue weighted by molar-refractivity contribution is 6.81. The largest absolute Gasteiger partial charge is 0.372 e. The fraction of sp³-hybridized carbons (Fsp3) is 0.714. The van der Waals surface area contributed by atoms with E-state index in [-0.39, 0.29) is 0 Å². The Morgan fingerprint density at radius 2 is 1.75 bits per heavy atom. The van der Waals surface area contributed by atoms with Gasteiger partial charge >= 0.3 is 0 Å². The molecule has 0 aliphatic carbocycles. The molecule has 0 aromatic heterocycles. The second-order valence-electron chi connectivity index (χ2n) is 4.26. The van der Waals surface area contributed by atoms with E-state index in [1.165, 1.54) is 18.1 Å². The van der Waals surface area contributed by atoms with Crippen LogP contribution in [-0.2, 0) is 4.74 Å². The Hall–Kier alpha value is -0.523. The van der Waals surface area contributed by atoms with Crippen LogP contribution in [0.15, 0.2) is 12.7 Å². The summed E-state index contributed by atoms with van der Waals surface area (Å²) >= 11 is 0. The predicted molar refractivity (Wildman–Crippen MR) is 75.4 cm³/mol. The van der Waals surface area contributed by atoms with Gasteiger partial charge < -0.3 is 4.74 Å². The molecule has 1 atom stereocenters. The van der Waals surface area contributed by atoms with Crippen molar-refractivity contribution in [3.63, 3.8) is 0 Å². The van der Waals surface area contributed by atoms with E-state index in [9.17, 15) is 0 Å². The van der Waals surface area contributed by atoms with Crippen LogP contribution >= 0.6 is 0 Å². The van der Waals surface area contributed by atoms with Crippen LogP contribution in [0.4, 0.5) is 0 Å². The van der Waals surface area contributed by atoms with Gasteiger partial charge in [0.25, 0.3) is 0 Å². The summed E-state index contributed by atoms with van der Waals surface area (Å²) in [4.78, 5) is 0. The molecular formula is C14H26OSi. The van der Waals surface area contributed by atoms with Crippen LogP contribution in [0, 0.1) is 11.8 Å². The van der Waals surface area contributed by atoms with E-state index in [4.69, 9.17) is 4.74 Å². The Morgan fingerprint density at radius 3 is 2.12 bits per heavy atom. The van der Waals surface area contributed by atoms with Crippen molar-refractivity contribution in [2.75, 3.05) is 13.7 Å². The first-order valence-corrected chi connectivity index (χ1v) is 8.97. The van der Waals surface area contributed by atoms with Gasteiger partial charge in [-0.25, -0.2) is 0 Å². The van der Waals surface area contributed by atoms with E-state index in [0.29, 0.717) is 12.1 Å². The first kappa shape index (κ1) is 15.5. The van der Waals surface area contributed by atoms with Crippen molar-refractivity contribution in [1.29, 1.82) is 0 Å². The monoisotopic (exact) mass is 238 g/mol. The Bertz CT molecular complexity index is 237. The Kier molecular flexibility index (Phi) is 8.33. The topological polar surface area (TPSA) is 9.23 Å². The second kappa shape index (κ2) is 8.61. The molecule has 2 heteroatoms. The minimum Gasteiger partial charge on any atom is -0.372 e. The fourth-order valence-electron chi connectivity index (χ4n) is 2.39. The molecule has 0 aliphatic rings. The highest BCUT2D eigenvalue weighted by Crippen LogP contribution is 2.36. The number of rotatable bonds is 7. The average molecular weight is 238 g/mol. The van der Waals surface area contributed by atoms with Crippen LogP contribution in [0.5, 0.6) is 0 Å². The van der Waals surface area contributed by atoms with Crippen molar-refractivity contribution < 1.29 is 4.74 Å². The second-order valence-corrected chi connectivity index (χ2v) is 9.84. The number of allylic oxidation sites excluding steroid dienone is 1. The minimum absolute atomic E-state index is 0.544. The molecule has 0 heterocycles. The van der Waals surface area contributed by atoms with Crippen LogP contribution < -0.4 is 0 Å². The number of hydrogen-bond acceptors (Lipinski definition) is 1. The van der Waals surface area contributed by atoms with E-state index < -0.39 is 8.07 Å². The first-order chi connectivity index (χ1) is 7.70. The van der Waals surface area contributed by atoms with Crippen molar-refractivity contribution in [2.24, 2.45) is 0 Å². The Balaban J connectivity index is 4.57. The number of hydrogen-bond donors (Lipinski definition) is 0. The third-order valence-electron chi connectivity index (χ3n) is 3.85. The molecule has 0 aromatic carbocycles. The maximum absolute atomic E-state index is 4.93. The van der Waals surface area contributed by atoms with E-state index in [1.807, 2.05) is 0 Å². The molecule has 0 saturated carbocycles. The molecule has 16 heavy (non-hydrogen) atoms. The zero-order valence-corrected chi connectivity index (χ0v) is 12.3. The smallest absolute Gasteiger partial charge is 0.107 e. The summed E-state index contributed by atoms with van der Waals surface area (Å²) in [5, 5.41) is 0. The molecule has 0 saturated heterocycles. The maximum Gasteiger partial charge on any atom is 0.107 e. The molecule has 0 spiro atoms. The van der Waals surface area contributed by atoms with Crippen molar-refractivity contribution in [3.8, 4) is 11.8 Å². The highest BCUT2D eigenvalue weighted by Gasteiger charge is 2.33. The molecule has 1 nitrogen and oxygen atoms in total. The van der Waals surface area contributed by atoms with Crippen molar-refractivity contribution >= 4 is 8.07 Å². The van der Waals surface area contributed by atoms with E-state index in [2.05, 4.69) is 45.3 Å². The lowest BCUT2D eigenvalue weighted by Crippen LogP contribution is -2.36. The summed E-state index contributed by atoms with van der Waals surface area (Å²) in [5.41, 5.74) is 0.636. The predicted octanol–water partition coefficient (Wildman–Crippen LogP) is 4.09. The number of ether oxygens (including phenoxy) is 1. The van der Waals surface area contributed by atoms with Gasteiger partial charge in [-0.3, -0.25) is 0 Å². The van der Waals surface area contributed by atoms with Crippen LogP contribution in [-0.4, -0.2) is 21.8 Å². The van der Waals surface area contributed by atoms with Gasteiger partial charge in [0.2, 0.25) is 0 Å². The average Bonchev–Trinajstić information content (AvgIpc) is 2.34. The van der Waals surface area contributed by atoms with E-state index in [0.717, 1.165) is 6.42 Å². The van der Waals surface area contributed by atoms with Gasteiger partial charge in [-0.15, -0.1) is 12.5 Å². The SMILES string of the molecule is C=CC(CC#CCOC)[Si](CC)(CC)CC. The molecule has 0 N–H and O–H groups in total.